The molecule has 5 rings (SSSR count). The molecule has 0 unspecified atom stereocenters. The topological polar surface area (TPSA) is 68.5 Å². The smallest absolute Gasteiger partial charge is 0.231 e. The molecule has 1 atom stereocenters. The van der Waals surface area contributed by atoms with Crippen molar-refractivity contribution in [2.75, 3.05) is 33.0 Å². The van der Waals surface area contributed by atoms with Crippen molar-refractivity contribution in [3.05, 3.63) is 65.5 Å². The Morgan fingerprint density at radius 3 is 2.44 bits per heavy atom. The molecule has 32 heavy (non-hydrogen) atoms. The Balaban J connectivity index is 1.27. The van der Waals surface area contributed by atoms with E-state index in [1.54, 1.807) is 0 Å². The van der Waals surface area contributed by atoms with Crippen LogP contribution in [-0.4, -0.2) is 63.0 Å². The lowest BCUT2D eigenvalue weighted by Gasteiger charge is -2.40. The summed E-state index contributed by atoms with van der Waals surface area (Å²) in [4.78, 5) is 5.06. The zero-order valence-electron chi connectivity index (χ0n) is 18.7. The van der Waals surface area contributed by atoms with E-state index < -0.39 is 0 Å². The first-order valence-corrected chi connectivity index (χ1v) is 11.3. The molecule has 0 aliphatic carbocycles. The molecule has 1 saturated heterocycles. The fourth-order valence-corrected chi connectivity index (χ4v) is 4.67. The van der Waals surface area contributed by atoms with Crippen molar-refractivity contribution >= 4 is 0 Å². The minimum absolute atomic E-state index is 0.179. The lowest BCUT2D eigenvalue weighted by molar-refractivity contribution is 0.0664. The second-order valence-corrected chi connectivity index (χ2v) is 8.87. The van der Waals surface area contributed by atoms with Crippen LogP contribution < -0.4 is 9.47 Å². The number of aromatic nitrogens is 4. The highest BCUT2D eigenvalue weighted by molar-refractivity contribution is 5.44. The lowest BCUT2D eigenvalue weighted by atomic mass is 10.0. The van der Waals surface area contributed by atoms with E-state index in [9.17, 15) is 0 Å². The molecule has 1 fully saturated rings. The number of nitrogens with zero attached hydrogens (tertiary/aromatic N) is 6. The zero-order valence-corrected chi connectivity index (χ0v) is 18.7. The molecule has 3 aromatic rings. The van der Waals surface area contributed by atoms with Crippen molar-refractivity contribution in [3.8, 4) is 11.5 Å². The largest absolute Gasteiger partial charge is 0.454 e. The summed E-state index contributed by atoms with van der Waals surface area (Å²) in [6.07, 6.45) is 0. The first kappa shape index (κ1) is 20.9. The van der Waals surface area contributed by atoms with Gasteiger partial charge in [-0.05, 0) is 39.6 Å². The minimum atomic E-state index is 0.179. The second kappa shape index (κ2) is 9.26. The predicted molar refractivity (Wildman–Crippen MR) is 120 cm³/mol. The highest BCUT2D eigenvalue weighted by Crippen LogP contribution is 2.33. The van der Waals surface area contributed by atoms with Gasteiger partial charge in [0.2, 0.25) is 6.79 Å². The second-order valence-electron chi connectivity index (χ2n) is 8.87. The lowest BCUT2D eigenvalue weighted by Crippen LogP contribution is -2.48. The Morgan fingerprint density at radius 1 is 0.875 bits per heavy atom. The predicted octanol–water partition coefficient (Wildman–Crippen LogP) is 2.97. The van der Waals surface area contributed by atoms with Crippen LogP contribution in [0.3, 0.4) is 0 Å². The number of rotatable bonds is 7. The molecule has 8 heteroatoms. The van der Waals surface area contributed by atoms with Gasteiger partial charge in [-0.3, -0.25) is 9.80 Å². The molecule has 168 valence electrons. The van der Waals surface area contributed by atoms with E-state index in [0.717, 1.165) is 55.6 Å². The van der Waals surface area contributed by atoms with Crippen molar-refractivity contribution < 1.29 is 9.47 Å². The van der Waals surface area contributed by atoms with E-state index in [1.807, 2.05) is 22.9 Å². The summed E-state index contributed by atoms with van der Waals surface area (Å²) in [5.41, 5.74) is 2.46. The van der Waals surface area contributed by atoms with E-state index in [0.29, 0.717) is 12.5 Å². The Hall–Kier alpha value is -2.97. The van der Waals surface area contributed by atoms with Crippen LogP contribution in [-0.2, 0) is 13.1 Å². The molecule has 2 aliphatic rings. The van der Waals surface area contributed by atoms with Gasteiger partial charge < -0.3 is 9.47 Å². The van der Waals surface area contributed by atoms with E-state index in [1.165, 1.54) is 5.56 Å². The third-order valence-electron chi connectivity index (χ3n) is 6.27. The summed E-state index contributed by atoms with van der Waals surface area (Å²) >= 11 is 0. The van der Waals surface area contributed by atoms with Crippen molar-refractivity contribution in [1.82, 2.24) is 30.0 Å². The standard InChI is InChI=1S/C24H30N6O2/c1-18(2)23(29-12-10-28(11-13-29)15-19-6-4-3-5-7-19)24-25-26-27-30(24)16-20-8-9-21-22(14-20)32-17-31-21/h3-9,14,18,23H,10-13,15-17H2,1-2H3/t23-/m0/s1. The first-order chi connectivity index (χ1) is 15.7. The fourth-order valence-electron chi connectivity index (χ4n) is 4.67. The Kier molecular flexibility index (Phi) is 6.05. The maximum absolute atomic E-state index is 5.53. The summed E-state index contributed by atoms with van der Waals surface area (Å²) in [6, 6.07) is 16.9. The average Bonchev–Trinajstić information content (AvgIpc) is 3.45. The van der Waals surface area contributed by atoms with Crippen LogP contribution in [0.25, 0.3) is 0 Å². The van der Waals surface area contributed by atoms with Gasteiger partial charge in [0.25, 0.3) is 0 Å². The molecule has 0 spiro atoms. The summed E-state index contributed by atoms with van der Waals surface area (Å²) in [5.74, 6) is 2.90. The van der Waals surface area contributed by atoms with Gasteiger partial charge in [-0.1, -0.05) is 50.2 Å². The quantitative estimate of drug-likeness (QED) is 0.566. The third kappa shape index (κ3) is 4.47. The van der Waals surface area contributed by atoms with Crippen molar-refractivity contribution in [2.24, 2.45) is 5.92 Å². The van der Waals surface area contributed by atoms with Crippen LogP contribution in [0, 0.1) is 5.92 Å². The first-order valence-electron chi connectivity index (χ1n) is 11.3. The normalized spacial score (nSPS) is 17.7. The number of piperazine rings is 1. The van der Waals surface area contributed by atoms with E-state index >= 15 is 0 Å². The molecule has 2 aliphatic heterocycles. The van der Waals surface area contributed by atoms with Gasteiger partial charge in [0.05, 0.1) is 12.6 Å². The van der Waals surface area contributed by atoms with Gasteiger partial charge >= 0.3 is 0 Å². The molecular weight excluding hydrogens is 404 g/mol. The molecule has 0 amide bonds. The van der Waals surface area contributed by atoms with Crippen molar-refractivity contribution in [3.63, 3.8) is 0 Å². The molecule has 0 saturated carbocycles. The minimum Gasteiger partial charge on any atom is -0.454 e. The number of tetrazole rings is 1. The number of ether oxygens (including phenoxy) is 2. The molecule has 3 heterocycles. The summed E-state index contributed by atoms with van der Waals surface area (Å²) < 4.78 is 12.9. The van der Waals surface area contributed by atoms with Crippen LogP contribution in [0.15, 0.2) is 48.5 Å². The maximum atomic E-state index is 5.53. The number of benzene rings is 2. The molecule has 1 aromatic heterocycles. The summed E-state index contributed by atoms with van der Waals surface area (Å²) in [5, 5.41) is 12.8. The fraction of sp³-hybridized carbons (Fsp3) is 0.458. The zero-order chi connectivity index (χ0) is 21.9. The molecule has 0 N–H and O–H groups in total. The van der Waals surface area contributed by atoms with E-state index in [2.05, 4.69) is 69.5 Å². The van der Waals surface area contributed by atoms with E-state index in [-0.39, 0.29) is 12.8 Å². The van der Waals surface area contributed by atoms with Gasteiger partial charge in [0, 0.05) is 32.7 Å². The molecule has 0 radical (unpaired) electrons. The van der Waals surface area contributed by atoms with E-state index in [4.69, 9.17) is 9.47 Å². The highest BCUT2D eigenvalue weighted by Gasteiger charge is 2.31. The van der Waals surface area contributed by atoms with Gasteiger partial charge in [0.15, 0.2) is 17.3 Å². The van der Waals surface area contributed by atoms with Crippen molar-refractivity contribution in [2.45, 2.75) is 33.0 Å². The van der Waals surface area contributed by atoms with Crippen molar-refractivity contribution in [1.29, 1.82) is 0 Å². The molecule has 2 aromatic carbocycles. The SMILES string of the molecule is CC(C)[C@@H](c1nnnn1Cc1ccc2c(c1)OCO2)N1CCN(Cc2ccccc2)CC1. The number of fused-ring (bicyclic) bond motifs is 1. The Bertz CT molecular complexity index is 1030. The summed E-state index contributed by atoms with van der Waals surface area (Å²) in [6.45, 7) is 10.5. The van der Waals surface area contributed by atoms with Gasteiger partial charge in [0.1, 0.15) is 0 Å². The highest BCUT2D eigenvalue weighted by atomic mass is 16.7. The summed E-state index contributed by atoms with van der Waals surface area (Å²) in [7, 11) is 0. The van der Waals surface area contributed by atoms with Crippen LogP contribution in [0.1, 0.15) is 36.8 Å². The van der Waals surface area contributed by atoms with Crippen LogP contribution in [0.5, 0.6) is 11.5 Å². The average molecular weight is 435 g/mol. The van der Waals surface area contributed by atoms with Gasteiger partial charge in [-0.2, -0.15) is 0 Å². The number of hydrogen-bond acceptors (Lipinski definition) is 7. The van der Waals surface area contributed by atoms with Crippen LogP contribution in [0.2, 0.25) is 0 Å². The molecule has 8 nitrogen and oxygen atoms in total. The monoisotopic (exact) mass is 434 g/mol. The van der Waals surface area contributed by atoms with Crippen LogP contribution in [0.4, 0.5) is 0 Å². The Labute approximate surface area is 188 Å². The molecule has 0 bridgehead atoms. The third-order valence-corrected chi connectivity index (χ3v) is 6.27. The molecular formula is C24H30N6O2. The Morgan fingerprint density at radius 2 is 1.66 bits per heavy atom. The maximum Gasteiger partial charge on any atom is 0.231 e. The van der Waals surface area contributed by atoms with Gasteiger partial charge in [-0.25, -0.2) is 4.68 Å². The van der Waals surface area contributed by atoms with Gasteiger partial charge in [-0.15, -0.1) is 5.10 Å². The number of hydrogen-bond donors (Lipinski definition) is 0. The van der Waals surface area contributed by atoms with Crippen LogP contribution >= 0.6 is 0 Å².